The lowest BCUT2D eigenvalue weighted by atomic mass is 9.90. The number of likely N-dealkylation sites (tertiary alicyclic amines) is 1. The van der Waals surface area contributed by atoms with Crippen molar-refractivity contribution in [1.82, 2.24) is 4.90 Å². The number of amides is 1. The first kappa shape index (κ1) is 19.6. The van der Waals surface area contributed by atoms with Crippen molar-refractivity contribution < 1.29 is 14.3 Å². The minimum Gasteiger partial charge on any atom is -0.497 e. The van der Waals surface area contributed by atoms with Crippen LogP contribution in [0.1, 0.15) is 38.8 Å². The van der Waals surface area contributed by atoms with Gasteiger partial charge in [-0.15, -0.1) is 0 Å². The number of carbonyl (C=O) groups excluding carboxylic acids is 1. The zero-order valence-corrected chi connectivity index (χ0v) is 15.8. The Morgan fingerprint density at radius 2 is 2.15 bits per heavy atom. The number of carbonyl (C=O) groups is 1. The molecule has 1 aromatic carbocycles. The van der Waals surface area contributed by atoms with Gasteiger partial charge in [0.15, 0.2) is 0 Å². The fourth-order valence-corrected chi connectivity index (χ4v) is 2.73. The molecule has 142 valence electrons. The molecule has 1 heterocycles. The van der Waals surface area contributed by atoms with Crippen LogP contribution in [-0.2, 0) is 4.74 Å². The molecule has 1 aliphatic rings. The van der Waals surface area contributed by atoms with E-state index in [0.29, 0.717) is 12.2 Å². The largest absolute Gasteiger partial charge is 0.497 e. The summed E-state index contributed by atoms with van der Waals surface area (Å²) >= 11 is 0. The lowest BCUT2D eigenvalue weighted by molar-refractivity contribution is -0.0100. The standard InChI is InChI=1S/C19H28N4O3/c1-19(2,3)26-18(24)23-9-8-16(23)17(22-12-14(21)11-20)13-6-5-7-15(10-13)25-4/h5-7,10-12,16-17H,8-9,20-21H2,1-4H3/b14-11+,22-12?. The Hall–Kier alpha value is -2.70. The molecular weight excluding hydrogens is 332 g/mol. The number of aliphatic imine (C=N–C) groups is 1. The molecule has 0 radical (unpaired) electrons. The van der Waals surface area contributed by atoms with E-state index < -0.39 is 5.60 Å². The first-order chi connectivity index (χ1) is 12.2. The summed E-state index contributed by atoms with van der Waals surface area (Å²) in [5.74, 6) is 0.730. The second-order valence-corrected chi connectivity index (χ2v) is 7.20. The smallest absolute Gasteiger partial charge is 0.410 e. The van der Waals surface area contributed by atoms with Crippen molar-refractivity contribution in [2.75, 3.05) is 13.7 Å². The molecule has 4 N–H and O–H groups in total. The van der Waals surface area contributed by atoms with Crippen LogP contribution in [0.25, 0.3) is 0 Å². The third kappa shape index (κ3) is 4.91. The number of ether oxygens (including phenoxy) is 2. The topological polar surface area (TPSA) is 103 Å². The van der Waals surface area contributed by atoms with Crippen molar-refractivity contribution in [1.29, 1.82) is 0 Å². The van der Waals surface area contributed by atoms with Gasteiger partial charge in [-0.1, -0.05) is 12.1 Å². The second kappa shape index (κ2) is 8.12. The van der Waals surface area contributed by atoms with Gasteiger partial charge in [0.05, 0.1) is 24.9 Å². The lowest BCUT2D eigenvalue weighted by Crippen LogP contribution is -2.55. The van der Waals surface area contributed by atoms with Crippen LogP contribution in [0.5, 0.6) is 5.75 Å². The zero-order chi connectivity index (χ0) is 19.3. The maximum absolute atomic E-state index is 12.5. The lowest BCUT2D eigenvalue weighted by Gasteiger charge is -2.44. The highest BCUT2D eigenvalue weighted by molar-refractivity contribution is 5.77. The van der Waals surface area contributed by atoms with Gasteiger partial charge in [0.25, 0.3) is 0 Å². The molecular formula is C19H28N4O3. The van der Waals surface area contributed by atoms with Crippen LogP contribution < -0.4 is 16.2 Å². The predicted molar refractivity (Wildman–Crippen MR) is 102 cm³/mol. The van der Waals surface area contributed by atoms with Gasteiger partial charge in [-0.2, -0.15) is 0 Å². The highest BCUT2D eigenvalue weighted by atomic mass is 16.6. The first-order valence-electron chi connectivity index (χ1n) is 8.59. The molecule has 1 fully saturated rings. The number of hydrogen-bond acceptors (Lipinski definition) is 6. The fraction of sp³-hybridized carbons (Fsp3) is 0.474. The summed E-state index contributed by atoms with van der Waals surface area (Å²) in [7, 11) is 1.61. The van der Waals surface area contributed by atoms with Crippen molar-refractivity contribution in [3.8, 4) is 5.75 Å². The van der Waals surface area contributed by atoms with E-state index >= 15 is 0 Å². The average molecular weight is 360 g/mol. The van der Waals surface area contributed by atoms with Crippen molar-refractivity contribution >= 4 is 12.3 Å². The van der Waals surface area contributed by atoms with E-state index in [1.807, 2.05) is 45.0 Å². The molecule has 0 bridgehead atoms. The Labute approximate surface area is 154 Å². The van der Waals surface area contributed by atoms with Crippen molar-refractivity contribution in [3.05, 3.63) is 41.7 Å². The van der Waals surface area contributed by atoms with Gasteiger partial charge < -0.3 is 25.8 Å². The summed E-state index contributed by atoms with van der Waals surface area (Å²) in [5.41, 5.74) is 11.9. The van der Waals surface area contributed by atoms with E-state index in [1.54, 1.807) is 12.0 Å². The molecule has 2 unspecified atom stereocenters. The van der Waals surface area contributed by atoms with Gasteiger partial charge in [-0.25, -0.2) is 4.79 Å². The maximum atomic E-state index is 12.5. The summed E-state index contributed by atoms with van der Waals surface area (Å²) < 4.78 is 10.8. The van der Waals surface area contributed by atoms with Crippen molar-refractivity contribution in [2.24, 2.45) is 16.5 Å². The second-order valence-electron chi connectivity index (χ2n) is 7.20. The van der Waals surface area contributed by atoms with Crippen LogP contribution in [0.15, 0.2) is 41.2 Å². The van der Waals surface area contributed by atoms with Crippen LogP contribution in [0.3, 0.4) is 0 Å². The minimum absolute atomic E-state index is 0.112. The first-order valence-corrected chi connectivity index (χ1v) is 8.59. The van der Waals surface area contributed by atoms with E-state index in [-0.39, 0.29) is 18.2 Å². The number of methoxy groups -OCH3 is 1. The van der Waals surface area contributed by atoms with E-state index in [4.69, 9.17) is 20.9 Å². The molecule has 1 aliphatic heterocycles. The Balaban J connectivity index is 2.28. The number of allylic oxidation sites excluding steroid dienone is 1. The molecule has 1 amide bonds. The van der Waals surface area contributed by atoms with Crippen LogP contribution in [0.2, 0.25) is 0 Å². The molecule has 0 aromatic heterocycles. The normalized spacial score (nSPS) is 19.2. The number of benzene rings is 1. The average Bonchev–Trinajstić information content (AvgIpc) is 2.55. The summed E-state index contributed by atoms with van der Waals surface area (Å²) in [6.07, 6.45) is 3.30. The number of rotatable bonds is 5. The summed E-state index contributed by atoms with van der Waals surface area (Å²) in [4.78, 5) is 18.8. The van der Waals surface area contributed by atoms with Gasteiger partial charge >= 0.3 is 6.09 Å². The molecule has 7 heteroatoms. The minimum atomic E-state index is -0.543. The van der Waals surface area contributed by atoms with Crippen molar-refractivity contribution in [3.63, 3.8) is 0 Å². The van der Waals surface area contributed by atoms with Gasteiger partial charge in [-0.3, -0.25) is 4.99 Å². The van der Waals surface area contributed by atoms with Gasteiger partial charge in [0.2, 0.25) is 0 Å². The Bertz CT molecular complexity index is 694. The van der Waals surface area contributed by atoms with Crippen LogP contribution >= 0.6 is 0 Å². The molecule has 2 atom stereocenters. The van der Waals surface area contributed by atoms with E-state index in [2.05, 4.69) is 4.99 Å². The van der Waals surface area contributed by atoms with Crippen LogP contribution in [-0.4, -0.2) is 42.5 Å². The van der Waals surface area contributed by atoms with Gasteiger partial charge in [0.1, 0.15) is 11.4 Å². The molecule has 1 saturated heterocycles. The Morgan fingerprint density at radius 3 is 2.69 bits per heavy atom. The summed E-state index contributed by atoms with van der Waals surface area (Å²) in [6.45, 7) is 6.19. The van der Waals surface area contributed by atoms with E-state index in [9.17, 15) is 4.79 Å². The maximum Gasteiger partial charge on any atom is 0.410 e. The fourth-order valence-electron chi connectivity index (χ4n) is 2.73. The Morgan fingerprint density at radius 1 is 1.42 bits per heavy atom. The molecule has 1 aromatic rings. The third-order valence-electron chi connectivity index (χ3n) is 4.07. The predicted octanol–water partition coefficient (Wildman–Crippen LogP) is 2.58. The highest BCUT2D eigenvalue weighted by Gasteiger charge is 2.40. The van der Waals surface area contributed by atoms with Crippen LogP contribution in [0.4, 0.5) is 4.79 Å². The quantitative estimate of drug-likeness (QED) is 0.786. The number of nitrogens with zero attached hydrogens (tertiary/aromatic N) is 2. The SMILES string of the molecule is COc1cccc(C(N=C/C(N)=C\N)C2CCN2C(=O)OC(C)(C)C)c1. The van der Waals surface area contributed by atoms with Gasteiger partial charge in [-0.05, 0) is 44.9 Å². The third-order valence-corrected chi connectivity index (χ3v) is 4.07. The Kier molecular flexibility index (Phi) is 6.13. The molecule has 7 nitrogen and oxygen atoms in total. The van der Waals surface area contributed by atoms with Crippen molar-refractivity contribution in [2.45, 2.75) is 44.9 Å². The molecule has 2 rings (SSSR count). The van der Waals surface area contributed by atoms with Crippen LogP contribution in [0, 0.1) is 0 Å². The molecule has 0 aliphatic carbocycles. The molecule has 26 heavy (non-hydrogen) atoms. The molecule has 0 saturated carbocycles. The van der Waals surface area contributed by atoms with E-state index in [1.165, 1.54) is 12.4 Å². The summed E-state index contributed by atoms with van der Waals surface area (Å²) in [6, 6.07) is 7.23. The molecule has 0 spiro atoms. The number of hydrogen-bond donors (Lipinski definition) is 2. The number of nitrogens with two attached hydrogens (primary N) is 2. The zero-order valence-electron chi connectivity index (χ0n) is 15.8. The van der Waals surface area contributed by atoms with Gasteiger partial charge in [0, 0.05) is 19.0 Å². The monoisotopic (exact) mass is 360 g/mol. The summed E-state index contributed by atoms with van der Waals surface area (Å²) in [5, 5.41) is 0. The van der Waals surface area contributed by atoms with E-state index in [0.717, 1.165) is 17.7 Å². The highest BCUT2D eigenvalue weighted by Crippen LogP contribution is 2.35.